The van der Waals surface area contributed by atoms with Gasteiger partial charge in [0.15, 0.2) is 0 Å². The summed E-state index contributed by atoms with van der Waals surface area (Å²) in [5.41, 5.74) is 5.24. The maximum absolute atomic E-state index is 10.9. The van der Waals surface area contributed by atoms with Crippen LogP contribution in [-0.4, -0.2) is 30.2 Å². The number of carbonyl (C=O) groups is 1. The van der Waals surface area contributed by atoms with Gasteiger partial charge in [-0.3, -0.25) is 4.79 Å². The third-order valence-electron chi connectivity index (χ3n) is 1.22. The van der Waals surface area contributed by atoms with E-state index in [0.29, 0.717) is 12.5 Å². The molecule has 4 nitrogen and oxygen atoms in total. The molecule has 4 N–H and O–H groups in total. The van der Waals surface area contributed by atoms with Gasteiger partial charge in [-0.05, 0) is 5.92 Å². The summed E-state index contributed by atoms with van der Waals surface area (Å²) in [6, 6.07) is -0.784. The van der Waals surface area contributed by atoms with Gasteiger partial charge in [0.2, 0.25) is 5.91 Å². The molecule has 0 aromatic rings. The summed E-state index contributed by atoms with van der Waals surface area (Å²) in [7, 11) is 0. The van der Waals surface area contributed by atoms with Crippen LogP contribution in [0.5, 0.6) is 0 Å². The molecule has 0 aromatic carbocycles. The second-order valence-electron chi connectivity index (χ2n) is 2.93. The van der Waals surface area contributed by atoms with Crippen molar-refractivity contribution in [1.82, 2.24) is 5.32 Å². The molecule has 0 aliphatic heterocycles. The van der Waals surface area contributed by atoms with Gasteiger partial charge in [-0.2, -0.15) is 0 Å². The van der Waals surface area contributed by atoms with Gasteiger partial charge in [0.05, 0.1) is 6.61 Å². The maximum atomic E-state index is 10.9. The summed E-state index contributed by atoms with van der Waals surface area (Å²) < 4.78 is 0. The van der Waals surface area contributed by atoms with E-state index >= 15 is 0 Å². The predicted octanol–water partition coefficient (Wildman–Crippen LogP) is -0.922. The Morgan fingerprint density at radius 2 is 2.18 bits per heavy atom. The molecule has 0 radical (unpaired) electrons. The average Bonchev–Trinajstić information content (AvgIpc) is 1.98. The van der Waals surface area contributed by atoms with Gasteiger partial charge < -0.3 is 16.2 Å². The second kappa shape index (κ2) is 5.09. The molecule has 0 saturated heterocycles. The summed E-state index contributed by atoms with van der Waals surface area (Å²) >= 11 is 0. The van der Waals surface area contributed by atoms with Crippen LogP contribution in [0.3, 0.4) is 0 Å². The highest BCUT2D eigenvalue weighted by atomic mass is 16.3. The number of nitrogens with one attached hydrogen (secondary N) is 1. The van der Waals surface area contributed by atoms with Gasteiger partial charge in [-0.15, -0.1) is 0 Å². The highest BCUT2D eigenvalue weighted by Gasteiger charge is 2.10. The zero-order valence-corrected chi connectivity index (χ0v) is 7.00. The van der Waals surface area contributed by atoms with Crippen LogP contribution in [0.15, 0.2) is 0 Å². The zero-order chi connectivity index (χ0) is 8.85. The molecule has 0 aliphatic carbocycles. The van der Waals surface area contributed by atoms with Gasteiger partial charge >= 0.3 is 0 Å². The second-order valence-corrected chi connectivity index (χ2v) is 2.93. The fraction of sp³-hybridized carbons (Fsp3) is 0.857. The molecule has 0 saturated carbocycles. The Morgan fingerprint density at radius 1 is 1.64 bits per heavy atom. The van der Waals surface area contributed by atoms with E-state index in [9.17, 15) is 4.79 Å². The molecule has 11 heavy (non-hydrogen) atoms. The molecule has 0 bridgehead atoms. The van der Waals surface area contributed by atoms with Crippen LogP contribution in [0.25, 0.3) is 0 Å². The molecule has 0 aromatic heterocycles. The number of hydrogen-bond donors (Lipinski definition) is 3. The van der Waals surface area contributed by atoms with E-state index in [1.54, 1.807) is 0 Å². The highest BCUT2D eigenvalue weighted by Crippen LogP contribution is 1.87. The minimum absolute atomic E-state index is 0.291. The Morgan fingerprint density at radius 3 is 2.55 bits per heavy atom. The highest BCUT2D eigenvalue weighted by molar-refractivity contribution is 5.81. The number of aliphatic hydroxyl groups is 1. The molecule has 0 fully saturated rings. The van der Waals surface area contributed by atoms with E-state index in [2.05, 4.69) is 5.32 Å². The molecule has 4 heteroatoms. The third kappa shape index (κ3) is 4.75. The van der Waals surface area contributed by atoms with Crippen LogP contribution in [0, 0.1) is 5.92 Å². The lowest BCUT2D eigenvalue weighted by Crippen LogP contribution is -2.44. The maximum Gasteiger partial charge on any atom is 0.239 e. The van der Waals surface area contributed by atoms with E-state index in [1.165, 1.54) is 0 Å². The number of rotatable bonds is 4. The quantitative estimate of drug-likeness (QED) is 0.498. The molecule has 0 heterocycles. The Balaban J connectivity index is 3.52. The van der Waals surface area contributed by atoms with Crippen molar-refractivity contribution < 1.29 is 9.90 Å². The topological polar surface area (TPSA) is 75.4 Å². The van der Waals surface area contributed by atoms with Crippen LogP contribution >= 0.6 is 0 Å². The number of nitrogens with two attached hydrogens (primary N) is 1. The molecule has 0 spiro atoms. The minimum atomic E-state index is -0.784. The minimum Gasteiger partial charge on any atom is -0.394 e. The summed E-state index contributed by atoms with van der Waals surface area (Å²) in [5, 5.41) is 11.1. The molecule has 1 atom stereocenters. The first-order valence-corrected chi connectivity index (χ1v) is 3.72. The number of aliphatic hydroxyl groups excluding tert-OH is 1. The largest absolute Gasteiger partial charge is 0.394 e. The molecule has 0 aliphatic rings. The van der Waals surface area contributed by atoms with Crippen LogP contribution in [0.1, 0.15) is 13.8 Å². The van der Waals surface area contributed by atoms with E-state index in [-0.39, 0.29) is 12.5 Å². The van der Waals surface area contributed by atoms with Gasteiger partial charge in [0.1, 0.15) is 6.04 Å². The van der Waals surface area contributed by atoms with Crippen LogP contribution in [-0.2, 0) is 4.79 Å². The molecule has 0 rings (SSSR count). The van der Waals surface area contributed by atoms with Crippen LogP contribution in [0.4, 0.5) is 0 Å². The standard InChI is InChI=1S/C7H16N2O2/c1-5(2)3-9-7(11)6(8)4-10/h5-6,10H,3-4,8H2,1-2H3,(H,9,11). The lowest BCUT2D eigenvalue weighted by atomic mass is 10.2. The number of amides is 1. The smallest absolute Gasteiger partial charge is 0.239 e. The first-order chi connectivity index (χ1) is 5.07. The Kier molecular flexibility index (Phi) is 4.81. The Hall–Kier alpha value is -0.610. The van der Waals surface area contributed by atoms with Gasteiger partial charge in [0, 0.05) is 6.54 Å². The van der Waals surface area contributed by atoms with Crippen molar-refractivity contribution in [1.29, 1.82) is 0 Å². The van der Waals surface area contributed by atoms with E-state index in [0.717, 1.165) is 0 Å². The molecular weight excluding hydrogens is 144 g/mol. The van der Waals surface area contributed by atoms with Gasteiger partial charge in [-0.25, -0.2) is 0 Å². The van der Waals surface area contributed by atoms with Gasteiger partial charge in [0.25, 0.3) is 0 Å². The fourth-order valence-corrected chi connectivity index (χ4v) is 0.519. The lowest BCUT2D eigenvalue weighted by molar-refractivity contribution is -0.123. The average molecular weight is 160 g/mol. The van der Waals surface area contributed by atoms with Crippen molar-refractivity contribution in [3.63, 3.8) is 0 Å². The Labute approximate surface area is 66.8 Å². The fourth-order valence-electron chi connectivity index (χ4n) is 0.519. The van der Waals surface area contributed by atoms with Crippen molar-refractivity contribution in [2.24, 2.45) is 11.7 Å². The molecule has 66 valence electrons. The summed E-state index contributed by atoms with van der Waals surface area (Å²) in [6.07, 6.45) is 0. The SMILES string of the molecule is CC(C)CNC(=O)C(N)CO. The Bertz CT molecular complexity index is 126. The van der Waals surface area contributed by atoms with Crippen LogP contribution < -0.4 is 11.1 Å². The van der Waals surface area contributed by atoms with Crippen LogP contribution in [0.2, 0.25) is 0 Å². The van der Waals surface area contributed by atoms with Crippen molar-refractivity contribution >= 4 is 5.91 Å². The van der Waals surface area contributed by atoms with Gasteiger partial charge in [-0.1, -0.05) is 13.8 Å². The predicted molar refractivity (Wildman–Crippen MR) is 42.9 cm³/mol. The van der Waals surface area contributed by atoms with E-state index < -0.39 is 6.04 Å². The summed E-state index contributed by atoms with van der Waals surface area (Å²) in [6.45, 7) is 4.28. The first-order valence-electron chi connectivity index (χ1n) is 3.72. The van der Waals surface area contributed by atoms with Crippen molar-refractivity contribution in [3.05, 3.63) is 0 Å². The lowest BCUT2D eigenvalue weighted by Gasteiger charge is -2.10. The monoisotopic (exact) mass is 160 g/mol. The van der Waals surface area contributed by atoms with Crippen molar-refractivity contribution in [2.45, 2.75) is 19.9 Å². The summed E-state index contributed by atoms with van der Waals surface area (Å²) in [5.74, 6) is 0.117. The van der Waals surface area contributed by atoms with E-state index in [1.807, 2.05) is 13.8 Å². The molecule has 1 unspecified atom stereocenters. The normalized spacial score (nSPS) is 13.2. The molecule has 1 amide bonds. The first kappa shape index (κ1) is 10.4. The number of carbonyl (C=O) groups excluding carboxylic acids is 1. The van der Waals surface area contributed by atoms with Crippen molar-refractivity contribution in [2.75, 3.05) is 13.2 Å². The number of hydrogen-bond acceptors (Lipinski definition) is 3. The molecular formula is C7H16N2O2. The van der Waals surface area contributed by atoms with E-state index in [4.69, 9.17) is 10.8 Å². The summed E-state index contributed by atoms with van der Waals surface area (Å²) in [4.78, 5) is 10.9. The van der Waals surface area contributed by atoms with Crippen molar-refractivity contribution in [3.8, 4) is 0 Å². The third-order valence-corrected chi connectivity index (χ3v) is 1.22. The zero-order valence-electron chi connectivity index (χ0n) is 7.00.